The number of aromatic hydroxyl groups is 1. The molecule has 170 valence electrons. The van der Waals surface area contributed by atoms with Gasteiger partial charge in [-0.05, 0) is 51.4 Å². The normalized spacial score (nSPS) is 29.8. The summed E-state index contributed by atoms with van der Waals surface area (Å²) in [4.78, 5) is 39.7. The lowest BCUT2D eigenvalue weighted by Gasteiger charge is -2.50. The zero-order valence-corrected chi connectivity index (χ0v) is 17.6. The zero-order valence-electron chi connectivity index (χ0n) is 17.6. The summed E-state index contributed by atoms with van der Waals surface area (Å²) in [6.07, 6.45) is -0.159. The number of fused-ring (bicyclic) bond motifs is 3. The summed E-state index contributed by atoms with van der Waals surface area (Å²) in [6, 6.07) is 0.0204. The summed E-state index contributed by atoms with van der Waals surface area (Å²) in [7, 11) is 3.07. The van der Waals surface area contributed by atoms with Gasteiger partial charge in [-0.15, -0.1) is 0 Å². The maximum atomic E-state index is 14.7. The number of halogens is 1. The van der Waals surface area contributed by atoms with Crippen molar-refractivity contribution in [3.05, 3.63) is 51.2 Å². The van der Waals surface area contributed by atoms with E-state index in [0.29, 0.717) is 0 Å². The Hall–Kier alpha value is -3.24. The van der Waals surface area contributed by atoms with E-state index in [2.05, 4.69) is 0 Å². The number of phenolic OH excluding ortho intramolecular Hbond substituents is 1. The van der Waals surface area contributed by atoms with Crippen LogP contribution in [0.2, 0.25) is 0 Å². The van der Waals surface area contributed by atoms with Crippen LogP contribution in [0, 0.1) is 24.6 Å². The third-order valence-electron chi connectivity index (χ3n) is 6.86. The highest BCUT2D eigenvalue weighted by Crippen LogP contribution is 2.52. The molecule has 0 heterocycles. The highest BCUT2D eigenvalue weighted by atomic mass is 19.1. The van der Waals surface area contributed by atoms with Crippen LogP contribution in [0.4, 0.5) is 4.39 Å². The first-order valence-electron chi connectivity index (χ1n) is 9.99. The Balaban J connectivity index is 1.99. The van der Waals surface area contributed by atoms with Crippen molar-refractivity contribution in [1.82, 2.24) is 4.90 Å². The highest BCUT2D eigenvalue weighted by Gasteiger charge is 2.63. The minimum atomic E-state index is -2.71. The minimum absolute atomic E-state index is 0.0220. The van der Waals surface area contributed by atoms with E-state index in [1.807, 2.05) is 0 Å². The highest BCUT2D eigenvalue weighted by molar-refractivity contribution is 6.24. The molecule has 0 fully saturated rings. The molecule has 0 bridgehead atoms. The second kappa shape index (κ2) is 6.88. The Morgan fingerprint density at radius 1 is 1.25 bits per heavy atom. The monoisotopic (exact) mass is 446 g/mol. The molecule has 0 unspecified atom stereocenters. The maximum absolute atomic E-state index is 14.7. The van der Waals surface area contributed by atoms with E-state index in [1.54, 1.807) is 0 Å². The smallest absolute Gasteiger partial charge is 0.255 e. The number of hydrogen-bond acceptors (Lipinski definition) is 8. The van der Waals surface area contributed by atoms with Crippen LogP contribution in [0.5, 0.6) is 5.75 Å². The quantitative estimate of drug-likeness (QED) is 0.412. The Morgan fingerprint density at radius 2 is 1.88 bits per heavy atom. The van der Waals surface area contributed by atoms with Gasteiger partial charge in [-0.25, -0.2) is 4.39 Å². The van der Waals surface area contributed by atoms with Gasteiger partial charge in [0, 0.05) is 17.1 Å². The summed E-state index contributed by atoms with van der Waals surface area (Å²) in [5.74, 6) is -8.21. The number of hydrogen-bond donors (Lipinski definition) is 5. The molecule has 10 heteroatoms. The molecule has 3 aliphatic carbocycles. The summed E-state index contributed by atoms with van der Waals surface area (Å²) < 4.78 is 14.7. The number of aliphatic hydroxyl groups is 3. The molecule has 3 aliphatic rings. The van der Waals surface area contributed by atoms with Crippen molar-refractivity contribution in [1.29, 1.82) is 0 Å². The van der Waals surface area contributed by atoms with E-state index in [-0.39, 0.29) is 35.1 Å². The van der Waals surface area contributed by atoms with Gasteiger partial charge in [-0.1, -0.05) is 0 Å². The van der Waals surface area contributed by atoms with E-state index in [9.17, 15) is 39.2 Å². The molecule has 9 nitrogen and oxygen atoms in total. The van der Waals surface area contributed by atoms with Gasteiger partial charge in [0.15, 0.2) is 11.4 Å². The number of carbonyl (C=O) groups is 3. The predicted molar refractivity (Wildman–Crippen MR) is 108 cm³/mol. The first-order chi connectivity index (χ1) is 14.8. The molecule has 1 aromatic carbocycles. The van der Waals surface area contributed by atoms with Crippen LogP contribution in [-0.2, 0) is 16.0 Å². The SMILES string of the molecule is Cc1cc(F)c2c(c1O)C(=O)C1=C(O)[C@]3(O)C(=O)C(C(N)=O)=C(O)[C@@H](N(C)C)[C@@H]3C[C@@H]1C2. The van der Waals surface area contributed by atoms with Crippen LogP contribution >= 0.6 is 0 Å². The number of Topliss-reactive ketones (excluding diaryl/α,β-unsaturated/α-hetero) is 2. The number of allylic oxidation sites excluding steroid dienone is 1. The van der Waals surface area contributed by atoms with Crippen molar-refractivity contribution in [3.63, 3.8) is 0 Å². The van der Waals surface area contributed by atoms with Crippen LogP contribution < -0.4 is 5.73 Å². The zero-order chi connectivity index (χ0) is 23.9. The molecule has 4 atom stereocenters. The van der Waals surface area contributed by atoms with E-state index < -0.39 is 69.6 Å². The second-order valence-electron chi connectivity index (χ2n) is 8.84. The fourth-order valence-corrected chi connectivity index (χ4v) is 5.40. The molecule has 4 rings (SSSR count). The van der Waals surface area contributed by atoms with Crippen molar-refractivity contribution in [3.8, 4) is 5.75 Å². The molecular formula is C22H23FN2O7. The number of amides is 1. The standard InChI is InChI=1S/C22H23FN2O7/c1-7-4-11(23)9-5-8-6-10-15(25(2)3)18(28)14(21(24)31)20(30)22(10,32)19(29)12(8)17(27)13(9)16(7)26/h4,8,10,15,26,28-29,32H,5-6H2,1-3H3,(H2,24,31)/t8-,10-,15-,22-/m0/s1. The number of aliphatic hydroxyl groups excluding tert-OH is 2. The number of primary amides is 1. The van der Waals surface area contributed by atoms with E-state index in [4.69, 9.17) is 5.73 Å². The molecular weight excluding hydrogens is 423 g/mol. The average molecular weight is 446 g/mol. The fraction of sp³-hybridized carbons (Fsp3) is 0.409. The van der Waals surface area contributed by atoms with Crippen LogP contribution in [0.1, 0.15) is 27.9 Å². The van der Waals surface area contributed by atoms with Crippen molar-refractivity contribution in [2.24, 2.45) is 17.6 Å². The van der Waals surface area contributed by atoms with Gasteiger partial charge in [0.05, 0.1) is 11.6 Å². The second-order valence-corrected chi connectivity index (χ2v) is 8.84. The molecule has 6 N–H and O–H groups in total. The number of nitrogens with two attached hydrogens (primary N) is 1. The van der Waals surface area contributed by atoms with Crippen molar-refractivity contribution in [2.75, 3.05) is 14.1 Å². The van der Waals surface area contributed by atoms with Gasteiger partial charge in [0.1, 0.15) is 28.7 Å². The van der Waals surface area contributed by atoms with Gasteiger partial charge < -0.3 is 26.2 Å². The number of phenols is 1. The molecule has 0 saturated carbocycles. The molecule has 1 amide bonds. The maximum Gasteiger partial charge on any atom is 0.255 e. The number of nitrogens with zero attached hydrogens (tertiary/aromatic N) is 1. The molecule has 0 saturated heterocycles. The minimum Gasteiger partial charge on any atom is -0.510 e. The first kappa shape index (κ1) is 22.0. The van der Waals surface area contributed by atoms with E-state index >= 15 is 0 Å². The number of carbonyl (C=O) groups excluding carboxylic acids is 3. The van der Waals surface area contributed by atoms with Gasteiger partial charge in [0.2, 0.25) is 5.78 Å². The summed E-state index contributed by atoms with van der Waals surface area (Å²) >= 11 is 0. The number of ketones is 2. The van der Waals surface area contributed by atoms with Gasteiger partial charge in [0.25, 0.3) is 5.91 Å². The van der Waals surface area contributed by atoms with Crippen molar-refractivity contribution in [2.45, 2.75) is 31.4 Å². The summed E-state index contributed by atoms with van der Waals surface area (Å²) in [6.45, 7) is 1.41. The predicted octanol–water partition coefficient (Wildman–Crippen LogP) is 0.568. The average Bonchev–Trinajstić information content (AvgIpc) is 2.68. The molecule has 0 radical (unpaired) electrons. The lowest BCUT2D eigenvalue weighted by molar-refractivity contribution is -0.148. The molecule has 0 aromatic heterocycles. The summed E-state index contributed by atoms with van der Waals surface area (Å²) in [5.41, 5.74) is 1.14. The number of benzene rings is 1. The Bertz CT molecular complexity index is 1170. The van der Waals surface area contributed by atoms with E-state index in [0.717, 1.165) is 6.07 Å². The van der Waals surface area contributed by atoms with Gasteiger partial charge in [-0.2, -0.15) is 0 Å². The molecule has 1 aromatic rings. The number of likely N-dealkylation sites (N-methyl/N-ethyl adjacent to an activating group) is 1. The van der Waals surface area contributed by atoms with Gasteiger partial charge in [-0.3, -0.25) is 19.3 Å². The number of aryl methyl sites for hydroxylation is 1. The topological polar surface area (TPSA) is 161 Å². The molecule has 32 heavy (non-hydrogen) atoms. The van der Waals surface area contributed by atoms with Crippen LogP contribution in [0.15, 0.2) is 28.7 Å². The lowest BCUT2D eigenvalue weighted by atomic mass is 9.58. The Labute approximate surface area is 182 Å². The molecule has 0 aliphatic heterocycles. The largest absolute Gasteiger partial charge is 0.510 e. The van der Waals surface area contributed by atoms with Crippen LogP contribution in [0.25, 0.3) is 0 Å². The van der Waals surface area contributed by atoms with E-state index in [1.165, 1.54) is 25.9 Å². The Morgan fingerprint density at radius 3 is 2.44 bits per heavy atom. The summed E-state index contributed by atoms with van der Waals surface area (Å²) in [5, 5.41) is 43.6. The van der Waals surface area contributed by atoms with Crippen molar-refractivity contribution < 1.29 is 39.2 Å². The Kier molecular flexibility index (Phi) is 4.72. The van der Waals surface area contributed by atoms with Crippen molar-refractivity contribution >= 4 is 17.5 Å². The third kappa shape index (κ3) is 2.59. The van der Waals surface area contributed by atoms with Crippen LogP contribution in [0.3, 0.4) is 0 Å². The first-order valence-corrected chi connectivity index (χ1v) is 9.99. The van der Waals surface area contributed by atoms with Gasteiger partial charge >= 0.3 is 0 Å². The molecule has 0 spiro atoms. The number of rotatable bonds is 2. The fourth-order valence-electron chi connectivity index (χ4n) is 5.40. The van der Waals surface area contributed by atoms with Crippen LogP contribution in [-0.4, -0.2) is 68.5 Å². The lowest BCUT2D eigenvalue weighted by Crippen LogP contribution is -2.63. The third-order valence-corrected chi connectivity index (χ3v) is 6.86.